The molecule has 1 unspecified atom stereocenters. The van der Waals surface area contributed by atoms with E-state index in [1.165, 1.54) is 0 Å². The molecule has 0 aliphatic carbocycles. The summed E-state index contributed by atoms with van der Waals surface area (Å²) >= 11 is 5.97. The van der Waals surface area contributed by atoms with Gasteiger partial charge >= 0.3 is 0 Å². The van der Waals surface area contributed by atoms with Gasteiger partial charge in [0.25, 0.3) is 0 Å². The zero-order valence-corrected chi connectivity index (χ0v) is 17.8. The first-order chi connectivity index (χ1) is 13.3. The summed E-state index contributed by atoms with van der Waals surface area (Å²) in [7, 11) is 0. The first-order valence-electron chi connectivity index (χ1n) is 9.63. The lowest BCUT2D eigenvalue weighted by molar-refractivity contribution is -0.140. The molecule has 0 saturated heterocycles. The smallest absolute Gasteiger partial charge is 0.242 e. The van der Waals surface area contributed by atoms with Crippen LogP contribution in [0.25, 0.3) is 0 Å². The Morgan fingerprint density at radius 2 is 1.71 bits per heavy atom. The molecule has 150 valence electrons. The molecule has 0 aromatic heterocycles. The van der Waals surface area contributed by atoms with Gasteiger partial charge in [0.2, 0.25) is 11.8 Å². The van der Waals surface area contributed by atoms with Crippen molar-refractivity contribution in [3.05, 3.63) is 70.2 Å². The van der Waals surface area contributed by atoms with Gasteiger partial charge in [-0.05, 0) is 43.0 Å². The van der Waals surface area contributed by atoms with Gasteiger partial charge in [-0.1, -0.05) is 67.4 Å². The Hall–Kier alpha value is -2.33. The average Bonchev–Trinajstić information content (AvgIpc) is 2.65. The molecule has 5 heteroatoms. The van der Waals surface area contributed by atoms with Gasteiger partial charge in [-0.2, -0.15) is 0 Å². The fourth-order valence-corrected chi connectivity index (χ4v) is 3.05. The molecule has 1 atom stereocenters. The molecule has 0 fully saturated rings. The highest BCUT2D eigenvalue weighted by molar-refractivity contribution is 6.30. The number of carbonyl (C=O) groups is 2. The van der Waals surface area contributed by atoms with Gasteiger partial charge in [-0.15, -0.1) is 0 Å². The van der Waals surface area contributed by atoms with E-state index in [1.807, 2.05) is 57.2 Å². The number of amides is 2. The molecule has 0 radical (unpaired) electrons. The fourth-order valence-electron chi connectivity index (χ4n) is 2.92. The molecule has 0 spiro atoms. The van der Waals surface area contributed by atoms with Crippen LogP contribution in [0.1, 0.15) is 37.5 Å². The Morgan fingerprint density at radius 3 is 2.32 bits per heavy atom. The maximum atomic E-state index is 13.1. The highest BCUT2D eigenvalue weighted by Gasteiger charge is 2.26. The molecule has 2 aromatic carbocycles. The minimum Gasteiger partial charge on any atom is -0.354 e. The van der Waals surface area contributed by atoms with Crippen molar-refractivity contribution in [1.82, 2.24) is 10.2 Å². The number of rotatable bonds is 8. The molecule has 0 aliphatic rings. The molecule has 0 saturated carbocycles. The van der Waals surface area contributed by atoms with Crippen LogP contribution in [0, 0.1) is 12.8 Å². The van der Waals surface area contributed by atoms with Crippen molar-refractivity contribution in [2.24, 2.45) is 5.92 Å². The Labute approximate surface area is 172 Å². The lowest BCUT2D eigenvalue weighted by Gasteiger charge is -2.29. The van der Waals surface area contributed by atoms with E-state index < -0.39 is 6.04 Å². The molecule has 1 N–H and O–H groups in total. The second kappa shape index (κ2) is 10.3. The van der Waals surface area contributed by atoms with Gasteiger partial charge in [-0.3, -0.25) is 9.59 Å². The van der Waals surface area contributed by atoms with Crippen molar-refractivity contribution in [2.75, 3.05) is 6.54 Å². The monoisotopic (exact) mass is 400 g/mol. The van der Waals surface area contributed by atoms with Gasteiger partial charge in [-0.25, -0.2) is 0 Å². The number of aryl methyl sites for hydroxylation is 1. The number of hydrogen-bond acceptors (Lipinski definition) is 2. The molecule has 0 heterocycles. The van der Waals surface area contributed by atoms with Gasteiger partial charge < -0.3 is 10.2 Å². The van der Waals surface area contributed by atoms with Crippen LogP contribution in [0.3, 0.4) is 0 Å². The zero-order chi connectivity index (χ0) is 20.7. The van der Waals surface area contributed by atoms with Gasteiger partial charge in [0.1, 0.15) is 6.04 Å². The summed E-state index contributed by atoms with van der Waals surface area (Å²) in [5.41, 5.74) is 2.99. The molecule has 2 amide bonds. The Balaban J connectivity index is 2.19. The second-order valence-corrected chi connectivity index (χ2v) is 8.07. The van der Waals surface area contributed by atoms with E-state index in [4.69, 9.17) is 11.6 Å². The number of nitrogens with zero attached hydrogens (tertiary/aromatic N) is 1. The Bertz CT molecular complexity index is 803. The van der Waals surface area contributed by atoms with Crippen molar-refractivity contribution in [1.29, 1.82) is 0 Å². The van der Waals surface area contributed by atoms with Crippen LogP contribution < -0.4 is 5.32 Å². The summed E-state index contributed by atoms with van der Waals surface area (Å²) in [5.74, 6) is 0.136. The lowest BCUT2D eigenvalue weighted by Crippen LogP contribution is -2.48. The minimum atomic E-state index is -0.563. The van der Waals surface area contributed by atoms with Crippen LogP contribution in [0.5, 0.6) is 0 Å². The highest BCUT2D eigenvalue weighted by Crippen LogP contribution is 2.15. The van der Waals surface area contributed by atoms with E-state index in [0.29, 0.717) is 24.0 Å². The standard InChI is InChI=1S/C23H29ClN2O2/c1-16(2)14-25-23(28)18(4)26(15-19-8-10-21(24)11-9-19)22(27)13-20-7-5-6-17(3)12-20/h5-12,16,18H,13-15H2,1-4H3,(H,25,28). The van der Waals surface area contributed by atoms with Crippen LogP contribution in [0.15, 0.2) is 48.5 Å². The van der Waals surface area contributed by atoms with Crippen LogP contribution in [-0.4, -0.2) is 29.3 Å². The number of halogens is 1. The zero-order valence-electron chi connectivity index (χ0n) is 17.0. The van der Waals surface area contributed by atoms with Crippen molar-refractivity contribution in [3.63, 3.8) is 0 Å². The molecule has 2 aromatic rings. The average molecular weight is 401 g/mol. The number of hydrogen-bond donors (Lipinski definition) is 1. The minimum absolute atomic E-state index is 0.0762. The normalized spacial score (nSPS) is 11.9. The van der Waals surface area contributed by atoms with Crippen molar-refractivity contribution in [3.8, 4) is 0 Å². The molecule has 2 rings (SSSR count). The maximum absolute atomic E-state index is 13.1. The Kier molecular flexibility index (Phi) is 8.06. The molecular weight excluding hydrogens is 372 g/mol. The van der Waals surface area contributed by atoms with E-state index in [9.17, 15) is 9.59 Å². The third-order valence-corrected chi connectivity index (χ3v) is 4.81. The first-order valence-corrected chi connectivity index (χ1v) is 10.0. The van der Waals surface area contributed by atoms with Crippen LogP contribution in [0.4, 0.5) is 0 Å². The predicted octanol–water partition coefficient (Wildman–Crippen LogP) is 4.38. The lowest BCUT2D eigenvalue weighted by atomic mass is 10.1. The van der Waals surface area contributed by atoms with Gasteiger partial charge in [0.15, 0.2) is 0 Å². The van der Waals surface area contributed by atoms with E-state index >= 15 is 0 Å². The first kappa shape index (κ1) is 22.0. The number of carbonyl (C=O) groups excluding carboxylic acids is 2. The predicted molar refractivity (Wildman–Crippen MR) is 114 cm³/mol. The SMILES string of the molecule is Cc1cccc(CC(=O)N(Cc2ccc(Cl)cc2)C(C)C(=O)NCC(C)C)c1. The van der Waals surface area contributed by atoms with Crippen LogP contribution >= 0.6 is 11.6 Å². The van der Waals surface area contributed by atoms with E-state index in [2.05, 4.69) is 5.32 Å². The number of nitrogens with one attached hydrogen (secondary N) is 1. The maximum Gasteiger partial charge on any atom is 0.242 e. The Morgan fingerprint density at radius 1 is 1.04 bits per heavy atom. The molecule has 28 heavy (non-hydrogen) atoms. The second-order valence-electron chi connectivity index (χ2n) is 7.63. The highest BCUT2D eigenvalue weighted by atomic mass is 35.5. The van der Waals surface area contributed by atoms with Gasteiger partial charge in [0, 0.05) is 18.1 Å². The fraction of sp³-hybridized carbons (Fsp3) is 0.391. The largest absolute Gasteiger partial charge is 0.354 e. The van der Waals surface area contributed by atoms with Crippen molar-refractivity contribution < 1.29 is 9.59 Å². The van der Waals surface area contributed by atoms with E-state index in [0.717, 1.165) is 16.7 Å². The van der Waals surface area contributed by atoms with E-state index in [1.54, 1.807) is 24.0 Å². The number of benzene rings is 2. The third kappa shape index (κ3) is 6.68. The summed E-state index contributed by atoms with van der Waals surface area (Å²) < 4.78 is 0. The summed E-state index contributed by atoms with van der Waals surface area (Å²) in [4.78, 5) is 27.4. The third-order valence-electron chi connectivity index (χ3n) is 4.56. The molecular formula is C23H29ClN2O2. The molecule has 0 bridgehead atoms. The topological polar surface area (TPSA) is 49.4 Å². The van der Waals surface area contributed by atoms with E-state index in [-0.39, 0.29) is 18.2 Å². The summed E-state index contributed by atoms with van der Waals surface area (Å²) in [6, 6.07) is 14.7. The quantitative estimate of drug-likeness (QED) is 0.714. The molecule has 4 nitrogen and oxygen atoms in total. The van der Waals surface area contributed by atoms with Crippen LogP contribution in [-0.2, 0) is 22.6 Å². The van der Waals surface area contributed by atoms with Crippen LogP contribution in [0.2, 0.25) is 5.02 Å². The van der Waals surface area contributed by atoms with Gasteiger partial charge in [0.05, 0.1) is 6.42 Å². The van der Waals surface area contributed by atoms with Crippen molar-refractivity contribution in [2.45, 2.75) is 46.7 Å². The summed E-state index contributed by atoms with van der Waals surface area (Å²) in [6.07, 6.45) is 0.261. The summed E-state index contributed by atoms with van der Waals surface area (Å²) in [5, 5.41) is 3.57. The molecule has 0 aliphatic heterocycles. The van der Waals surface area contributed by atoms with Crippen molar-refractivity contribution >= 4 is 23.4 Å². The summed E-state index contributed by atoms with van der Waals surface area (Å²) in [6.45, 7) is 8.81.